The van der Waals surface area contributed by atoms with Crippen molar-refractivity contribution in [1.82, 2.24) is 4.90 Å². The van der Waals surface area contributed by atoms with Crippen LogP contribution in [0.15, 0.2) is 47.4 Å². The largest absolute Gasteiger partial charge is 0.454 e. The molecule has 142 valence electrons. The molecule has 2 aromatic carbocycles. The molecular formula is C20H21NO5S. The highest BCUT2D eigenvalue weighted by atomic mass is 32.2. The van der Waals surface area contributed by atoms with Crippen LogP contribution < -0.4 is 9.47 Å². The first-order valence-corrected chi connectivity index (χ1v) is 9.81. The third-order valence-electron chi connectivity index (χ3n) is 4.20. The maximum atomic E-state index is 12.5. The summed E-state index contributed by atoms with van der Waals surface area (Å²) in [5.74, 6) is 0.642. The lowest BCUT2D eigenvalue weighted by Crippen LogP contribution is -2.34. The smallest absolute Gasteiger partial charge is 0.339 e. The monoisotopic (exact) mass is 387 g/mol. The molecule has 0 fully saturated rings. The zero-order chi connectivity index (χ0) is 19.2. The molecule has 1 amide bonds. The summed E-state index contributed by atoms with van der Waals surface area (Å²) in [4.78, 5) is 27.2. The van der Waals surface area contributed by atoms with Gasteiger partial charge in [-0.05, 0) is 43.0 Å². The minimum absolute atomic E-state index is 0.211. The van der Waals surface area contributed by atoms with Crippen molar-refractivity contribution < 1.29 is 23.8 Å². The van der Waals surface area contributed by atoms with Crippen LogP contribution in [0.4, 0.5) is 0 Å². The highest BCUT2D eigenvalue weighted by Gasteiger charge is 2.19. The summed E-state index contributed by atoms with van der Waals surface area (Å²) in [5, 5.41) is 0. The van der Waals surface area contributed by atoms with Crippen molar-refractivity contribution in [3.63, 3.8) is 0 Å². The van der Waals surface area contributed by atoms with Crippen LogP contribution in [0, 0.1) is 0 Å². The third-order valence-corrected chi connectivity index (χ3v) is 4.99. The number of fused-ring (bicyclic) bond motifs is 1. The number of benzene rings is 2. The van der Waals surface area contributed by atoms with Gasteiger partial charge in [-0.1, -0.05) is 18.2 Å². The molecule has 2 aromatic rings. The summed E-state index contributed by atoms with van der Waals surface area (Å²) < 4.78 is 15.9. The highest BCUT2D eigenvalue weighted by Crippen LogP contribution is 2.32. The molecule has 1 aliphatic heterocycles. The summed E-state index contributed by atoms with van der Waals surface area (Å²) in [6.45, 7) is 2.72. The van der Waals surface area contributed by atoms with E-state index >= 15 is 0 Å². The molecule has 0 aliphatic carbocycles. The fraction of sp³-hybridized carbons (Fsp3) is 0.300. The number of carbonyl (C=O) groups excluding carboxylic acids is 2. The van der Waals surface area contributed by atoms with Gasteiger partial charge in [0.15, 0.2) is 18.1 Å². The van der Waals surface area contributed by atoms with Gasteiger partial charge in [0.05, 0.1) is 5.56 Å². The summed E-state index contributed by atoms with van der Waals surface area (Å²) in [6.07, 6.45) is 1.89. The van der Waals surface area contributed by atoms with Gasteiger partial charge in [-0.15, -0.1) is 11.8 Å². The van der Waals surface area contributed by atoms with Crippen LogP contribution in [0.25, 0.3) is 0 Å². The number of esters is 1. The Hall–Kier alpha value is -2.67. The summed E-state index contributed by atoms with van der Waals surface area (Å²) in [6, 6.07) is 12.8. The molecule has 0 N–H and O–H groups in total. The van der Waals surface area contributed by atoms with E-state index in [2.05, 4.69) is 0 Å². The van der Waals surface area contributed by atoms with Crippen molar-refractivity contribution in [2.45, 2.75) is 18.4 Å². The van der Waals surface area contributed by atoms with E-state index in [4.69, 9.17) is 14.2 Å². The number of likely N-dealkylation sites (N-methyl/N-ethyl adjacent to an activating group) is 1. The van der Waals surface area contributed by atoms with E-state index in [9.17, 15) is 9.59 Å². The number of rotatable bonds is 7. The van der Waals surface area contributed by atoms with Crippen molar-refractivity contribution >= 4 is 23.6 Å². The lowest BCUT2D eigenvalue weighted by molar-refractivity contribution is -0.134. The van der Waals surface area contributed by atoms with Gasteiger partial charge < -0.3 is 19.1 Å². The molecule has 3 rings (SSSR count). The Kier molecular flexibility index (Phi) is 6.24. The minimum Gasteiger partial charge on any atom is -0.454 e. The Balaban J connectivity index is 1.59. The summed E-state index contributed by atoms with van der Waals surface area (Å²) in [5.41, 5.74) is 1.39. The van der Waals surface area contributed by atoms with Crippen molar-refractivity contribution in [2.24, 2.45) is 0 Å². The van der Waals surface area contributed by atoms with E-state index in [1.807, 2.05) is 43.5 Å². The molecule has 0 unspecified atom stereocenters. The second-order valence-electron chi connectivity index (χ2n) is 5.87. The maximum Gasteiger partial charge on any atom is 0.339 e. The van der Waals surface area contributed by atoms with Gasteiger partial charge in [0.2, 0.25) is 6.79 Å². The Bertz CT molecular complexity index is 839. The van der Waals surface area contributed by atoms with Gasteiger partial charge in [-0.2, -0.15) is 0 Å². The SMILES string of the molecule is CCN(Cc1ccc2c(c1)OCO2)C(=O)COC(=O)c1ccccc1SC. The maximum absolute atomic E-state index is 12.5. The number of carbonyl (C=O) groups is 2. The van der Waals surface area contributed by atoms with Crippen LogP contribution in [0.2, 0.25) is 0 Å². The summed E-state index contributed by atoms with van der Waals surface area (Å²) >= 11 is 1.46. The van der Waals surface area contributed by atoms with Gasteiger partial charge in [0.1, 0.15) is 0 Å². The molecule has 0 saturated carbocycles. The molecule has 1 aliphatic rings. The number of thioether (sulfide) groups is 1. The number of nitrogens with zero attached hydrogens (tertiary/aromatic N) is 1. The number of hydrogen-bond donors (Lipinski definition) is 0. The first kappa shape index (κ1) is 19.1. The van der Waals surface area contributed by atoms with Crippen LogP contribution in [0.5, 0.6) is 11.5 Å². The first-order valence-electron chi connectivity index (χ1n) is 8.58. The van der Waals surface area contributed by atoms with E-state index < -0.39 is 5.97 Å². The van der Waals surface area contributed by atoms with Crippen LogP contribution in [-0.4, -0.2) is 43.0 Å². The molecule has 0 bridgehead atoms. The molecule has 0 atom stereocenters. The van der Waals surface area contributed by atoms with E-state index in [0.717, 1.165) is 10.5 Å². The van der Waals surface area contributed by atoms with E-state index in [1.165, 1.54) is 11.8 Å². The Morgan fingerprint density at radius 3 is 2.70 bits per heavy atom. The molecule has 0 aromatic heterocycles. The van der Waals surface area contributed by atoms with Gasteiger partial charge in [-0.3, -0.25) is 4.79 Å². The number of ether oxygens (including phenoxy) is 3. The number of amides is 1. The predicted molar refractivity (Wildman–Crippen MR) is 102 cm³/mol. The lowest BCUT2D eigenvalue weighted by atomic mass is 10.2. The second-order valence-corrected chi connectivity index (χ2v) is 6.72. The van der Waals surface area contributed by atoms with Gasteiger partial charge >= 0.3 is 5.97 Å². The predicted octanol–water partition coefficient (Wildman–Crippen LogP) is 3.34. The third kappa shape index (κ3) is 4.54. The van der Waals surface area contributed by atoms with Crippen molar-refractivity contribution in [2.75, 3.05) is 26.2 Å². The lowest BCUT2D eigenvalue weighted by Gasteiger charge is -2.21. The van der Waals surface area contributed by atoms with E-state index in [0.29, 0.717) is 30.2 Å². The van der Waals surface area contributed by atoms with Crippen LogP contribution in [0.1, 0.15) is 22.8 Å². The number of hydrogen-bond acceptors (Lipinski definition) is 6. The zero-order valence-corrected chi connectivity index (χ0v) is 16.1. The fourth-order valence-corrected chi connectivity index (χ4v) is 3.33. The zero-order valence-electron chi connectivity index (χ0n) is 15.3. The fourth-order valence-electron chi connectivity index (χ4n) is 2.75. The second kappa shape index (κ2) is 8.81. The quantitative estimate of drug-likeness (QED) is 0.536. The summed E-state index contributed by atoms with van der Waals surface area (Å²) in [7, 11) is 0. The molecule has 7 heteroatoms. The highest BCUT2D eigenvalue weighted by molar-refractivity contribution is 7.98. The first-order chi connectivity index (χ1) is 13.1. The van der Waals surface area contributed by atoms with Crippen LogP contribution in [-0.2, 0) is 16.1 Å². The standard InChI is InChI=1S/C20H21NO5S/c1-3-21(11-14-8-9-16-17(10-14)26-13-25-16)19(22)12-24-20(23)15-6-4-5-7-18(15)27-2/h4-10H,3,11-13H2,1-2H3. The Labute approximate surface area is 162 Å². The Morgan fingerprint density at radius 1 is 1.15 bits per heavy atom. The van der Waals surface area contributed by atoms with E-state index in [-0.39, 0.29) is 19.3 Å². The van der Waals surface area contributed by atoms with Crippen molar-refractivity contribution in [3.8, 4) is 11.5 Å². The molecule has 0 radical (unpaired) electrons. The van der Waals surface area contributed by atoms with Gasteiger partial charge in [-0.25, -0.2) is 4.79 Å². The normalized spacial score (nSPS) is 11.9. The van der Waals surface area contributed by atoms with Crippen molar-refractivity contribution in [1.29, 1.82) is 0 Å². The van der Waals surface area contributed by atoms with Crippen LogP contribution in [0.3, 0.4) is 0 Å². The topological polar surface area (TPSA) is 65.1 Å². The van der Waals surface area contributed by atoms with Crippen LogP contribution >= 0.6 is 11.8 Å². The van der Waals surface area contributed by atoms with Gasteiger partial charge in [0.25, 0.3) is 5.91 Å². The average Bonchev–Trinajstić information content (AvgIpc) is 3.17. The molecule has 0 saturated heterocycles. The molecule has 0 spiro atoms. The van der Waals surface area contributed by atoms with Gasteiger partial charge in [0, 0.05) is 18.0 Å². The molecular weight excluding hydrogens is 366 g/mol. The average molecular weight is 387 g/mol. The van der Waals surface area contributed by atoms with Crippen molar-refractivity contribution in [3.05, 3.63) is 53.6 Å². The minimum atomic E-state index is -0.493. The molecule has 1 heterocycles. The van der Waals surface area contributed by atoms with E-state index in [1.54, 1.807) is 17.0 Å². The Morgan fingerprint density at radius 2 is 1.93 bits per heavy atom. The molecule has 27 heavy (non-hydrogen) atoms. The molecule has 6 nitrogen and oxygen atoms in total.